The van der Waals surface area contributed by atoms with E-state index in [0.717, 1.165) is 0 Å². The molecule has 5 N–H and O–H groups in total. The highest BCUT2D eigenvalue weighted by Gasteiger charge is 2.40. The monoisotopic (exact) mass is 874 g/mol. The third-order valence-electron chi connectivity index (χ3n) is 8.25. The minimum absolute atomic E-state index is 0.0418. The Balaban J connectivity index is 1.43. The number of carbonyl (C=O) groups is 6. The van der Waals surface area contributed by atoms with Gasteiger partial charge in [0.15, 0.2) is 0 Å². The lowest BCUT2D eigenvalue weighted by molar-refractivity contribution is -0.122. The van der Waals surface area contributed by atoms with Crippen LogP contribution in [0.3, 0.4) is 0 Å². The van der Waals surface area contributed by atoms with Crippen molar-refractivity contribution in [3.05, 3.63) is 51.3 Å². The first-order chi connectivity index (χ1) is 27.9. The number of ether oxygens (including phenoxy) is 3. The quantitative estimate of drug-likeness (QED) is 0.0711. The zero-order chi connectivity index (χ0) is 44.6. The number of thiazole rings is 1. The number of amides is 6. The summed E-state index contributed by atoms with van der Waals surface area (Å²) in [4.78, 5) is 92.4. The predicted molar refractivity (Wildman–Crippen MR) is 224 cm³/mol. The zero-order valence-electron chi connectivity index (χ0n) is 35.6. The summed E-state index contributed by atoms with van der Waals surface area (Å²) >= 11 is 7.32. The molecule has 6 amide bonds. The lowest BCUT2D eigenvalue weighted by Crippen LogP contribution is -2.46. The van der Waals surface area contributed by atoms with Crippen molar-refractivity contribution in [3.63, 3.8) is 0 Å². The standard InChI is InChI=1S/C39H55ClN10O9S/c1-37(2,3)57-34(54)43-23-17-27(50(19-23)32(53)25-20-49-18-22(40)14-15-28(49)44-25)31-46-26(21-60-31)30(52)45-24(29(51)41-10)13-11-12-16-42-33(47-35(55)58-38(4,5)6)48-36(56)59-39(7,8)9/h14-15,18,20-21,23-24,27H,11-13,16-17,19H2,1-10H3,(H,41,51)(H,43,54)(H,45,52)(H2,42,47,48,55,56)/t23-,24+,27+/m1/s1. The molecule has 1 fully saturated rings. The van der Waals surface area contributed by atoms with Crippen molar-refractivity contribution in [2.24, 2.45) is 4.99 Å². The summed E-state index contributed by atoms with van der Waals surface area (Å²) in [6.45, 7) is 15.7. The lowest BCUT2D eigenvalue weighted by atomic mass is 10.1. The number of unbranched alkanes of at least 4 members (excludes halogenated alkanes) is 1. The molecule has 21 heteroatoms. The van der Waals surface area contributed by atoms with Crippen molar-refractivity contribution in [3.8, 4) is 0 Å². The molecule has 0 aliphatic carbocycles. The van der Waals surface area contributed by atoms with Gasteiger partial charge in [0.2, 0.25) is 11.9 Å². The molecule has 1 aliphatic rings. The Bertz CT molecular complexity index is 2080. The van der Waals surface area contributed by atoms with E-state index >= 15 is 0 Å². The van der Waals surface area contributed by atoms with Crippen LogP contribution in [0.2, 0.25) is 5.02 Å². The van der Waals surface area contributed by atoms with Crippen LogP contribution < -0.4 is 26.6 Å². The number of guanidine groups is 1. The lowest BCUT2D eigenvalue weighted by Gasteiger charge is -2.22. The van der Waals surface area contributed by atoms with Gasteiger partial charge in [-0.3, -0.25) is 19.7 Å². The van der Waals surface area contributed by atoms with Gasteiger partial charge in [0, 0.05) is 37.9 Å². The number of pyridine rings is 1. The molecule has 0 radical (unpaired) electrons. The second-order valence-electron chi connectivity index (χ2n) is 17.0. The van der Waals surface area contributed by atoms with E-state index in [4.69, 9.17) is 25.8 Å². The number of halogens is 1. The third-order valence-corrected chi connectivity index (χ3v) is 9.42. The van der Waals surface area contributed by atoms with Crippen LogP contribution in [0, 0.1) is 0 Å². The predicted octanol–water partition coefficient (Wildman–Crippen LogP) is 5.34. The average molecular weight is 875 g/mol. The molecule has 60 heavy (non-hydrogen) atoms. The zero-order valence-corrected chi connectivity index (χ0v) is 37.1. The van der Waals surface area contributed by atoms with Crippen LogP contribution >= 0.6 is 22.9 Å². The number of aliphatic imine (C=N–C) groups is 1. The van der Waals surface area contributed by atoms with Gasteiger partial charge in [-0.15, -0.1) is 16.3 Å². The third kappa shape index (κ3) is 14.6. The van der Waals surface area contributed by atoms with Gasteiger partial charge in [-0.2, -0.15) is 0 Å². The molecule has 0 unspecified atom stereocenters. The number of hydrogen-bond donors (Lipinski definition) is 5. The van der Waals surface area contributed by atoms with Gasteiger partial charge in [-0.25, -0.2) is 24.4 Å². The number of carbonyl (C=O) groups excluding carboxylic acids is 6. The molecule has 0 saturated carbocycles. The molecule has 1 saturated heterocycles. The minimum Gasteiger partial charge on any atom is -0.444 e. The van der Waals surface area contributed by atoms with E-state index in [1.54, 1.807) is 102 Å². The Morgan fingerprint density at radius 3 is 2.22 bits per heavy atom. The maximum absolute atomic E-state index is 14.0. The summed E-state index contributed by atoms with van der Waals surface area (Å²) in [5.74, 6) is -1.61. The van der Waals surface area contributed by atoms with Crippen molar-refractivity contribution in [2.75, 3.05) is 20.1 Å². The molecular formula is C39H55ClN10O9S. The molecule has 0 bridgehead atoms. The normalized spacial score (nSPS) is 16.4. The molecule has 3 aromatic rings. The van der Waals surface area contributed by atoms with Gasteiger partial charge < -0.3 is 44.8 Å². The summed E-state index contributed by atoms with van der Waals surface area (Å²) in [6.07, 6.45) is 2.21. The van der Waals surface area contributed by atoms with Crippen LogP contribution in [0.4, 0.5) is 14.4 Å². The highest BCUT2D eigenvalue weighted by atomic mass is 35.5. The van der Waals surface area contributed by atoms with E-state index in [9.17, 15) is 28.8 Å². The minimum atomic E-state index is -0.932. The van der Waals surface area contributed by atoms with Crippen LogP contribution in [0.25, 0.3) is 5.65 Å². The average Bonchev–Trinajstić information content (AvgIpc) is 3.86. The number of fused-ring (bicyclic) bond motifs is 1. The number of alkyl carbamates (subject to hydrolysis) is 2. The summed E-state index contributed by atoms with van der Waals surface area (Å²) in [5, 5.41) is 15.9. The van der Waals surface area contributed by atoms with E-state index in [-0.39, 0.29) is 43.3 Å². The first kappa shape index (κ1) is 47.2. The van der Waals surface area contributed by atoms with Crippen molar-refractivity contribution >= 4 is 70.5 Å². The number of likely N-dealkylation sites (N-methyl/N-ethyl adjacent to an activating group) is 1. The molecule has 328 valence electrons. The van der Waals surface area contributed by atoms with Gasteiger partial charge in [-0.05, 0) is 100 Å². The number of hydrogen-bond acceptors (Lipinski definition) is 12. The second-order valence-corrected chi connectivity index (χ2v) is 18.3. The first-order valence-electron chi connectivity index (χ1n) is 19.4. The number of imidazole rings is 1. The summed E-state index contributed by atoms with van der Waals surface area (Å²) in [6, 6.07) is 1.29. The smallest absolute Gasteiger partial charge is 0.437 e. The van der Waals surface area contributed by atoms with Crippen LogP contribution in [-0.4, -0.2) is 110 Å². The highest BCUT2D eigenvalue weighted by molar-refractivity contribution is 7.10. The molecule has 4 rings (SSSR count). The molecule has 1 aliphatic heterocycles. The maximum Gasteiger partial charge on any atom is 0.437 e. The fraction of sp³-hybridized carbons (Fsp3) is 0.564. The van der Waals surface area contributed by atoms with Crippen molar-refractivity contribution < 1.29 is 43.0 Å². The molecule has 0 spiro atoms. The Morgan fingerprint density at radius 2 is 1.57 bits per heavy atom. The number of nitrogens with zero attached hydrogens (tertiary/aromatic N) is 5. The van der Waals surface area contributed by atoms with Gasteiger partial charge in [-0.1, -0.05) is 11.6 Å². The number of aromatic nitrogens is 3. The molecular weight excluding hydrogens is 820 g/mol. The van der Waals surface area contributed by atoms with Crippen LogP contribution in [0.1, 0.15) is 120 Å². The molecule has 3 atom stereocenters. The van der Waals surface area contributed by atoms with Gasteiger partial charge >= 0.3 is 18.3 Å². The van der Waals surface area contributed by atoms with Crippen LogP contribution in [0.5, 0.6) is 0 Å². The molecule has 19 nitrogen and oxygen atoms in total. The van der Waals surface area contributed by atoms with E-state index in [2.05, 4.69) is 41.5 Å². The van der Waals surface area contributed by atoms with Crippen LogP contribution in [-0.2, 0) is 19.0 Å². The number of likely N-dealkylation sites (tertiary alicyclic amines) is 1. The van der Waals surface area contributed by atoms with Gasteiger partial charge in [0.05, 0.1) is 17.1 Å². The molecule has 3 aromatic heterocycles. The van der Waals surface area contributed by atoms with E-state index in [1.165, 1.54) is 18.4 Å². The molecule has 4 heterocycles. The Kier molecular flexibility index (Phi) is 15.5. The van der Waals surface area contributed by atoms with E-state index in [0.29, 0.717) is 28.5 Å². The Morgan fingerprint density at radius 1 is 0.900 bits per heavy atom. The number of rotatable bonds is 11. The summed E-state index contributed by atoms with van der Waals surface area (Å²) in [5.41, 5.74) is -1.64. The van der Waals surface area contributed by atoms with Crippen molar-refractivity contribution in [1.82, 2.24) is 45.9 Å². The van der Waals surface area contributed by atoms with E-state index in [1.807, 2.05) is 0 Å². The maximum atomic E-state index is 14.0. The van der Waals surface area contributed by atoms with Crippen molar-refractivity contribution in [1.29, 1.82) is 0 Å². The topological polar surface area (TPSA) is 236 Å². The Hall–Kier alpha value is -5.50. The first-order valence-corrected chi connectivity index (χ1v) is 20.6. The summed E-state index contributed by atoms with van der Waals surface area (Å²) in [7, 11) is 1.46. The fourth-order valence-corrected chi connectivity index (χ4v) is 6.97. The van der Waals surface area contributed by atoms with Gasteiger partial charge in [0.25, 0.3) is 11.8 Å². The fourth-order valence-electron chi connectivity index (χ4n) is 5.88. The SMILES string of the molecule is CNC(=O)[C@H](CCCCN/C(=N\C(=O)OC(C)(C)C)NC(=O)OC(C)(C)C)NC(=O)c1csc([C@@H]2C[C@@H](NC(=O)OC(C)(C)C)CN2C(=O)c2cn3cc(Cl)ccc3n2)n1. The highest BCUT2D eigenvalue weighted by Crippen LogP contribution is 2.35. The van der Waals surface area contributed by atoms with Crippen LogP contribution in [0.15, 0.2) is 34.9 Å². The van der Waals surface area contributed by atoms with Crippen molar-refractivity contribution in [2.45, 2.75) is 123 Å². The summed E-state index contributed by atoms with van der Waals surface area (Å²) < 4.78 is 17.6. The second kappa shape index (κ2) is 19.7. The Labute approximate surface area is 357 Å². The largest absolute Gasteiger partial charge is 0.444 e. The van der Waals surface area contributed by atoms with Gasteiger partial charge in [0.1, 0.15) is 44.9 Å². The molecule has 0 aromatic carbocycles. The number of nitrogens with one attached hydrogen (secondary N) is 5. The van der Waals surface area contributed by atoms with E-state index < -0.39 is 70.9 Å².